The highest BCUT2D eigenvalue weighted by Crippen LogP contribution is 2.45. The molecule has 27 heavy (non-hydrogen) atoms. The highest BCUT2D eigenvalue weighted by Gasteiger charge is 2.23. The van der Waals surface area contributed by atoms with Gasteiger partial charge >= 0.3 is 0 Å². The Labute approximate surface area is 178 Å². The van der Waals surface area contributed by atoms with Crippen LogP contribution in [-0.2, 0) is 9.47 Å². The predicted octanol–water partition coefficient (Wildman–Crippen LogP) is 5.10. The molecule has 2 aromatic rings. The molecule has 7 heteroatoms. The van der Waals surface area contributed by atoms with Crippen LogP contribution in [0.3, 0.4) is 0 Å². The molecule has 0 aliphatic carbocycles. The molecule has 0 aromatic heterocycles. The summed E-state index contributed by atoms with van der Waals surface area (Å²) in [4.78, 5) is 4.56. The van der Waals surface area contributed by atoms with Gasteiger partial charge in [-0.3, -0.25) is 0 Å². The third-order valence-electron chi connectivity index (χ3n) is 5.02. The van der Waals surface area contributed by atoms with Crippen LogP contribution in [-0.4, -0.2) is 52.6 Å². The molecule has 2 saturated heterocycles. The molecule has 144 valence electrons. The zero-order chi connectivity index (χ0) is 18.8. The van der Waals surface area contributed by atoms with Crippen molar-refractivity contribution in [2.45, 2.75) is 0 Å². The van der Waals surface area contributed by atoms with Crippen molar-refractivity contribution in [3.8, 4) is 11.1 Å². The van der Waals surface area contributed by atoms with Gasteiger partial charge in [-0.2, -0.15) is 0 Å². The van der Waals surface area contributed by atoms with Crippen LogP contribution in [0.5, 0.6) is 0 Å². The van der Waals surface area contributed by atoms with Crippen molar-refractivity contribution < 1.29 is 9.47 Å². The molecule has 4 nitrogen and oxygen atoms in total. The molecule has 0 spiro atoms. The summed E-state index contributed by atoms with van der Waals surface area (Å²) in [7, 11) is 0. The molecule has 0 unspecified atom stereocenters. The normalized spacial score (nSPS) is 18.0. The van der Waals surface area contributed by atoms with Crippen molar-refractivity contribution in [3.63, 3.8) is 0 Å². The van der Waals surface area contributed by atoms with Crippen LogP contribution >= 0.6 is 39.1 Å². The molecule has 0 saturated carbocycles. The second-order valence-corrected chi connectivity index (χ2v) is 8.21. The lowest BCUT2D eigenvalue weighted by molar-refractivity contribution is 0.122. The molecule has 0 radical (unpaired) electrons. The van der Waals surface area contributed by atoms with Crippen LogP contribution in [0.2, 0.25) is 10.0 Å². The number of nitrogens with zero attached hydrogens (tertiary/aromatic N) is 2. The molecular formula is C20H21BrCl2N2O2. The largest absolute Gasteiger partial charge is 0.378 e. The number of benzene rings is 2. The van der Waals surface area contributed by atoms with Gasteiger partial charge in [-0.15, -0.1) is 0 Å². The van der Waals surface area contributed by atoms with Gasteiger partial charge < -0.3 is 19.3 Å². The second-order valence-electron chi connectivity index (χ2n) is 6.60. The van der Waals surface area contributed by atoms with E-state index in [0.717, 1.165) is 66.4 Å². The number of morpholine rings is 2. The van der Waals surface area contributed by atoms with E-state index in [4.69, 9.17) is 32.7 Å². The van der Waals surface area contributed by atoms with Gasteiger partial charge in [0.2, 0.25) is 0 Å². The second kappa shape index (κ2) is 8.58. The molecule has 0 atom stereocenters. The van der Waals surface area contributed by atoms with Crippen LogP contribution in [0.4, 0.5) is 11.4 Å². The average Bonchev–Trinajstić information content (AvgIpc) is 2.71. The fourth-order valence-electron chi connectivity index (χ4n) is 3.64. The fraction of sp³-hybridized carbons (Fsp3) is 0.400. The van der Waals surface area contributed by atoms with Crippen molar-refractivity contribution in [2.24, 2.45) is 0 Å². The molecule has 2 aliphatic heterocycles. The average molecular weight is 472 g/mol. The topological polar surface area (TPSA) is 24.9 Å². The Morgan fingerprint density at radius 1 is 0.741 bits per heavy atom. The highest BCUT2D eigenvalue weighted by molar-refractivity contribution is 9.10. The van der Waals surface area contributed by atoms with Crippen LogP contribution in [0.15, 0.2) is 34.8 Å². The van der Waals surface area contributed by atoms with E-state index < -0.39 is 0 Å². The molecule has 2 aliphatic rings. The number of para-hydroxylation sites is 1. The molecule has 0 bridgehead atoms. The minimum Gasteiger partial charge on any atom is -0.378 e. The van der Waals surface area contributed by atoms with Crippen molar-refractivity contribution in [3.05, 3.63) is 44.8 Å². The maximum atomic E-state index is 6.77. The maximum absolute atomic E-state index is 6.77. The van der Waals surface area contributed by atoms with Gasteiger partial charge in [0, 0.05) is 41.8 Å². The van der Waals surface area contributed by atoms with Crippen molar-refractivity contribution >= 4 is 50.5 Å². The van der Waals surface area contributed by atoms with Gasteiger partial charge in [-0.25, -0.2) is 0 Å². The number of halogens is 3. The molecule has 4 rings (SSSR count). The molecule has 2 aromatic carbocycles. The van der Waals surface area contributed by atoms with Gasteiger partial charge in [0.25, 0.3) is 0 Å². The Balaban J connectivity index is 1.75. The van der Waals surface area contributed by atoms with E-state index >= 15 is 0 Å². The first-order valence-corrected chi connectivity index (χ1v) is 10.6. The lowest BCUT2D eigenvalue weighted by Gasteiger charge is -2.32. The van der Waals surface area contributed by atoms with Crippen molar-refractivity contribution in [2.75, 3.05) is 62.4 Å². The fourth-order valence-corrected chi connectivity index (χ4v) is 4.80. The Morgan fingerprint density at radius 2 is 1.37 bits per heavy atom. The van der Waals surface area contributed by atoms with Gasteiger partial charge in [0.15, 0.2) is 0 Å². The van der Waals surface area contributed by atoms with Crippen molar-refractivity contribution in [1.29, 1.82) is 0 Å². The number of ether oxygens (including phenoxy) is 2. The summed E-state index contributed by atoms with van der Waals surface area (Å²) < 4.78 is 12.0. The van der Waals surface area contributed by atoms with E-state index in [1.54, 1.807) is 0 Å². The van der Waals surface area contributed by atoms with E-state index in [2.05, 4.69) is 50.0 Å². The quantitative estimate of drug-likeness (QED) is 0.621. The first-order chi connectivity index (χ1) is 13.2. The van der Waals surface area contributed by atoms with Gasteiger partial charge in [0.1, 0.15) is 0 Å². The van der Waals surface area contributed by atoms with Gasteiger partial charge in [0.05, 0.1) is 47.8 Å². The monoisotopic (exact) mass is 470 g/mol. The zero-order valence-electron chi connectivity index (χ0n) is 14.9. The Kier molecular flexibility index (Phi) is 6.15. The van der Waals surface area contributed by atoms with E-state index in [1.165, 1.54) is 0 Å². The summed E-state index contributed by atoms with van der Waals surface area (Å²) in [5, 5.41) is 1.19. The number of hydrogen-bond donors (Lipinski definition) is 0. The minimum absolute atomic E-state index is 0.591. The van der Waals surface area contributed by atoms with Crippen LogP contribution in [0.25, 0.3) is 11.1 Å². The lowest BCUT2D eigenvalue weighted by atomic mass is 10.0. The van der Waals surface area contributed by atoms with E-state index in [1.807, 2.05) is 6.07 Å². The Bertz CT molecular complexity index is 822. The van der Waals surface area contributed by atoms with E-state index in [9.17, 15) is 0 Å². The molecule has 2 heterocycles. The summed E-state index contributed by atoms with van der Waals surface area (Å²) in [5.41, 5.74) is 4.13. The number of anilines is 2. The zero-order valence-corrected chi connectivity index (χ0v) is 18.0. The third kappa shape index (κ3) is 3.94. The van der Waals surface area contributed by atoms with Crippen LogP contribution in [0.1, 0.15) is 0 Å². The van der Waals surface area contributed by atoms with Crippen molar-refractivity contribution in [1.82, 2.24) is 0 Å². The molecule has 0 amide bonds. The van der Waals surface area contributed by atoms with E-state index in [0.29, 0.717) is 23.3 Å². The number of hydrogen-bond acceptors (Lipinski definition) is 4. The summed E-state index contributed by atoms with van der Waals surface area (Å²) >= 11 is 17.2. The summed E-state index contributed by atoms with van der Waals surface area (Å²) in [5.74, 6) is 0. The van der Waals surface area contributed by atoms with Gasteiger partial charge in [-0.05, 0) is 28.1 Å². The maximum Gasteiger partial charge on any atom is 0.0832 e. The highest BCUT2D eigenvalue weighted by atomic mass is 79.9. The van der Waals surface area contributed by atoms with Crippen LogP contribution in [0, 0.1) is 0 Å². The van der Waals surface area contributed by atoms with E-state index in [-0.39, 0.29) is 0 Å². The Hall–Kier alpha value is -0.980. The minimum atomic E-state index is 0.591. The summed E-state index contributed by atoms with van der Waals surface area (Å²) in [6.07, 6.45) is 0. The summed E-state index contributed by atoms with van der Waals surface area (Å²) in [6.45, 7) is 6.23. The first-order valence-electron chi connectivity index (χ1n) is 9.09. The predicted molar refractivity (Wildman–Crippen MR) is 116 cm³/mol. The number of rotatable bonds is 3. The first kappa shape index (κ1) is 19.3. The standard InChI is InChI=1S/C20H21BrCl2N2O2/c21-16-3-1-2-15(20(16)25-8-12-27-13-9-25)14-4-5-17(19(23)18(14)22)24-6-10-26-11-7-24/h1-5H,6-13H2. The Morgan fingerprint density at radius 3 is 2.04 bits per heavy atom. The molecule has 2 fully saturated rings. The molecular weight excluding hydrogens is 451 g/mol. The smallest absolute Gasteiger partial charge is 0.0832 e. The summed E-state index contributed by atoms with van der Waals surface area (Å²) in [6, 6.07) is 10.3. The SMILES string of the molecule is Clc1c(-c2cccc(Br)c2N2CCOCC2)ccc(N2CCOCC2)c1Cl. The third-order valence-corrected chi connectivity index (χ3v) is 6.53. The lowest BCUT2D eigenvalue weighted by Crippen LogP contribution is -2.36. The molecule has 0 N–H and O–H groups in total. The van der Waals surface area contributed by atoms with Crippen LogP contribution < -0.4 is 9.80 Å². The van der Waals surface area contributed by atoms with Gasteiger partial charge in [-0.1, -0.05) is 41.4 Å².